The van der Waals surface area contributed by atoms with Gasteiger partial charge in [0.15, 0.2) is 0 Å². The van der Waals surface area contributed by atoms with Crippen LogP contribution in [0.1, 0.15) is 50.1 Å². The number of nitrogens with zero attached hydrogens (tertiary/aromatic N) is 2. The number of anilines is 1. The maximum atomic E-state index is 6.41. The molecule has 1 aliphatic heterocycles. The first kappa shape index (κ1) is 26.0. The highest BCUT2D eigenvalue weighted by Gasteiger charge is 2.52. The van der Waals surface area contributed by atoms with Gasteiger partial charge in [-0.05, 0) is 94.0 Å². The summed E-state index contributed by atoms with van der Waals surface area (Å²) >= 11 is 0. The molecule has 1 saturated heterocycles. The number of methoxy groups -OCH3 is 2. The van der Waals surface area contributed by atoms with Crippen molar-refractivity contribution in [1.82, 2.24) is 4.98 Å². The predicted octanol–water partition coefficient (Wildman–Crippen LogP) is 5.22. The van der Waals surface area contributed by atoms with Crippen molar-refractivity contribution in [2.75, 3.05) is 19.1 Å². The van der Waals surface area contributed by atoms with Crippen LogP contribution in [0.25, 0.3) is 0 Å². The van der Waals surface area contributed by atoms with Crippen LogP contribution < -0.4 is 19.8 Å². The van der Waals surface area contributed by atoms with Crippen molar-refractivity contribution in [3.63, 3.8) is 0 Å². The number of aryl methyl sites for hydroxylation is 1. The van der Waals surface area contributed by atoms with Gasteiger partial charge in [0, 0.05) is 18.8 Å². The Kier molecular flexibility index (Phi) is 7.35. The van der Waals surface area contributed by atoms with Crippen LogP contribution in [0.3, 0.4) is 0 Å². The molecule has 1 aromatic heterocycles. The summed E-state index contributed by atoms with van der Waals surface area (Å²) < 4.78 is 23.5. The number of hydrogen-bond donors (Lipinski definition) is 0. The SMILES string of the molecule is COc1ccc(CN(Cc2ccc(OC)cc2)c2nc(C)cc(B3OC(C)(C)C(C)(C)O3)c2C)cc1. The Morgan fingerprint density at radius 3 is 1.64 bits per heavy atom. The van der Waals surface area contributed by atoms with Crippen LogP contribution in [0.4, 0.5) is 5.82 Å². The molecule has 0 saturated carbocycles. The zero-order chi connectivity index (χ0) is 26.1. The number of rotatable bonds is 8. The maximum Gasteiger partial charge on any atom is 0.495 e. The molecule has 36 heavy (non-hydrogen) atoms. The monoisotopic (exact) mass is 488 g/mol. The van der Waals surface area contributed by atoms with Crippen molar-refractivity contribution in [3.8, 4) is 11.5 Å². The van der Waals surface area contributed by atoms with Crippen LogP contribution in [0.2, 0.25) is 0 Å². The van der Waals surface area contributed by atoms with Crippen molar-refractivity contribution in [1.29, 1.82) is 0 Å². The Hall–Kier alpha value is -3.03. The summed E-state index contributed by atoms with van der Waals surface area (Å²) in [6.07, 6.45) is 0. The fourth-order valence-electron chi connectivity index (χ4n) is 4.38. The van der Waals surface area contributed by atoms with Gasteiger partial charge < -0.3 is 23.7 Å². The van der Waals surface area contributed by atoms with Crippen molar-refractivity contribution < 1.29 is 18.8 Å². The molecule has 0 amide bonds. The molecule has 2 aromatic carbocycles. The molecule has 0 N–H and O–H groups in total. The van der Waals surface area contributed by atoms with Gasteiger partial charge in [-0.3, -0.25) is 0 Å². The highest BCUT2D eigenvalue weighted by atomic mass is 16.7. The van der Waals surface area contributed by atoms with Gasteiger partial charge >= 0.3 is 7.12 Å². The summed E-state index contributed by atoms with van der Waals surface area (Å²) in [5.41, 5.74) is 4.52. The lowest BCUT2D eigenvalue weighted by molar-refractivity contribution is 0.00578. The van der Waals surface area contributed by atoms with Gasteiger partial charge in [0.25, 0.3) is 0 Å². The van der Waals surface area contributed by atoms with E-state index >= 15 is 0 Å². The van der Waals surface area contributed by atoms with Crippen LogP contribution in [-0.4, -0.2) is 37.5 Å². The second kappa shape index (κ2) is 10.2. The Morgan fingerprint density at radius 2 is 1.22 bits per heavy atom. The Labute approximate surface area is 215 Å². The molecule has 0 atom stereocenters. The van der Waals surface area contributed by atoms with Gasteiger partial charge in [-0.15, -0.1) is 0 Å². The average Bonchev–Trinajstić information content (AvgIpc) is 3.07. The Balaban J connectivity index is 1.73. The molecule has 0 spiro atoms. The molecule has 1 aliphatic rings. The molecule has 6 nitrogen and oxygen atoms in total. The van der Waals surface area contributed by atoms with E-state index in [2.05, 4.69) is 69.9 Å². The lowest BCUT2D eigenvalue weighted by atomic mass is 9.76. The van der Waals surface area contributed by atoms with E-state index in [9.17, 15) is 0 Å². The summed E-state index contributed by atoms with van der Waals surface area (Å²) in [4.78, 5) is 7.31. The highest BCUT2D eigenvalue weighted by Crippen LogP contribution is 2.37. The van der Waals surface area contributed by atoms with Gasteiger partial charge in [0.2, 0.25) is 0 Å². The van der Waals surface area contributed by atoms with E-state index in [1.165, 1.54) is 11.1 Å². The van der Waals surface area contributed by atoms with Crippen molar-refractivity contribution in [2.24, 2.45) is 0 Å². The van der Waals surface area contributed by atoms with E-state index < -0.39 is 18.3 Å². The Morgan fingerprint density at radius 1 is 0.778 bits per heavy atom. The summed E-state index contributed by atoms with van der Waals surface area (Å²) in [5.74, 6) is 2.60. The fraction of sp³-hybridized carbons (Fsp3) is 0.414. The Bertz CT molecular complexity index is 1130. The van der Waals surface area contributed by atoms with Gasteiger partial charge in [0.1, 0.15) is 17.3 Å². The normalized spacial score (nSPS) is 16.2. The summed E-state index contributed by atoms with van der Waals surface area (Å²) in [5, 5.41) is 0. The first-order valence-electron chi connectivity index (χ1n) is 12.4. The third kappa shape index (κ3) is 5.37. The van der Waals surface area contributed by atoms with Crippen molar-refractivity contribution in [3.05, 3.63) is 77.0 Å². The van der Waals surface area contributed by atoms with E-state index in [1.807, 2.05) is 31.2 Å². The van der Waals surface area contributed by atoms with E-state index in [0.717, 1.165) is 34.0 Å². The first-order valence-corrected chi connectivity index (χ1v) is 12.4. The third-order valence-corrected chi connectivity index (χ3v) is 7.29. The number of pyridine rings is 1. The minimum Gasteiger partial charge on any atom is -0.497 e. The molecule has 3 aromatic rings. The molecule has 0 bridgehead atoms. The minimum atomic E-state index is -0.445. The van der Waals surface area contributed by atoms with Gasteiger partial charge in [-0.1, -0.05) is 24.3 Å². The van der Waals surface area contributed by atoms with Gasteiger partial charge in [-0.25, -0.2) is 4.98 Å². The zero-order valence-corrected chi connectivity index (χ0v) is 22.7. The molecule has 4 rings (SSSR count). The molecule has 7 heteroatoms. The van der Waals surface area contributed by atoms with Crippen LogP contribution in [0, 0.1) is 13.8 Å². The zero-order valence-electron chi connectivity index (χ0n) is 22.7. The number of benzene rings is 2. The van der Waals surface area contributed by atoms with Crippen LogP contribution in [0.5, 0.6) is 11.5 Å². The fourth-order valence-corrected chi connectivity index (χ4v) is 4.38. The predicted molar refractivity (Wildman–Crippen MR) is 145 cm³/mol. The second-order valence-corrected chi connectivity index (χ2v) is 10.4. The average molecular weight is 488 g/mol. The quantitative estimate of drug-likeness (QED) is 0.405. The van der Waals surface area contributed by atoms with E-state index in [4.69, 9.17) is 23.8 Å². The summed E-state index contributed by atoms with van der Waals surface area (Å²) in [6, 6.07) is 18.4. The molecule has 0 aliphatic carbocycles. The molecule has 1 fully saturated rings. The first-order chi connectivity index (χ1) is 17.0. The third-order valence-electron chi connectivity index (χ3n) is 7.29. The molecule has 0 radical (unpaired) electrons. The second-order valence-electron chi connectivity index (χ2n) is 10.4. The minimum absolute atomic E-state index is 0.409. The number of ether oxygens (including phenoxy) is 2. The smallest absolute Gasteiger partial charge is 0.495 e. The molecule has 0 unspecified atom stereocenters. The maximum absolute atomic E-state index is 6.41. The lowest BCUT2D eigenvalue weighted by Gasteiger charge is -2.32. The molecular formula is C29H37BN2O4. The molecular weight excluding hydrogens is 451 g/mol. The standard InChI is InChI=1S/C29H37BN2O4/c1-20-17-26(30-35-28(3,4)29(5,6)36-30)21(2)27(31-20)32(18-22-9-13-24(33-7)14-10-22)19-23-11-15-25(34-8)16-12-23/h9-17H,18-19H2,1-8H3. The molecule has 190 valence electrons. The van der Waals surface area contributed by atoms with E-state index in [0.29, 0.717) is 13.1 Å². The van der Waals surface area contributed by atoms with Crippen molar-refractivity contribution in [2.45, 2.75) is 65.8 Å². The summed E-state index contributed by atoms with van der Waals surface area (Å²) in [6.45, 7) is 13.8. The van der Waals surface area contributed by atoms with Crippen LogP contribution in [0.15, 0.2) is 54.6 Å². The number of hydrogen-bond acceptors (Lipinski definition) is 6. The van der Waals surface area contributed by atoms with E-state index in [-0.39, 0.29) is 0 Å². The molecule has 2 heterocycles. The number of aromatic nitrogens is 1. The highest BCUT2D eigenvalue weighted by molar-refractivity contribution is 6.62. The largest absolute Gasteiger partial charge is 0.497 e. The van der Waals surface area contributed by atoms with Crippen LogP contribution >= 0.6 is 0 Å². The van der Waals surface area contributed by atoms with Gasteiger partial charge in [0.05, 0.1) is 25.4 Å². The summed E-state index contributed by atoms with van der Waals surface area (Å²) in [7, 11) is 2.92. The van der Waals surface area contributed by atoms with Gasteiger partial charge in [-0.2, -0.15) is 0 Å². The topological polar surface area (TPSA) is 53.1 Å². The van der Waals surface area contributed by atoms with E-state index in [1.54, 1.807) is 14.2 Å². The lowest BCUT2D eigenvalue weighted by Crippen LogP contribution is -2.41. The van der Waals surface area contributed by atoms with Crippen molar-refractivity contribution >= 4 is 18.4 Å². The van der Waals surface area contributed by atoms with Crippen LogP contribution in [-0.2, 0) is 22.4 Å².